The lowest BCUT2D eigenvalue weighted by molar-refractivity contribution is -0.134. The summed E-state index contributed by atoms with van der Waals surface area (Å²) >= 11 is 1.54. The number of halogens is 1. The summed E-state index contributed by atoms with van der Waals surface area (Å²) in [5.74, 6) is -0.0379. The molecule has 2 aromatic heterocycles. The molecule has 0 spiro atoms. The average molecular weight is 397 g/mol. The molecular weight excluding hydrogens is 377 g/mol. The van der Waals surface area contributed by atoms with Crippen molar-refractivity contribution in [3.8, 4) is 11.3 Å². The minimum absolute atomic E-state index is 0.00235. The highest BCUT2D eigenvalue weighted by Gasteiger charge is 2.30. The Hall–Kier alpha value is -2.80. The first-order valence-electron chi connectivity index (χ1n) is 9.28. The van der Waals surface area contributed by atoms with Crippen LogP contribution in [0.5, 0.6) is 0 Å². The van der Waals surface area contributed by atoms with Gasteiger partial charge in [-0.2, -0.15) is 11.3 Å². The summed E-state index contributed by atoms with van der Waals surface area (Å²) in [6.07, 6.45) is 2.55. The van der Waals surface area contributed by atoms with E-state index in [0.717, 1.165) is 24.8 Å². The number of thiophene rings is 1. The number of aromatic nitrogens is 2. The summed E-state index contributed by atoms with van der Waals surface area (Å²) in [6.45, 7) is 0.574. The first-order chi connectivity index (χ1) is 13.6. The highest BCUT2D eigenvalue weighted by molar-refractivity contribution is 7.08. The van der Waals surface area contributed by atoms with Gasteiger partial charge >= 0.3 is 0 Å². The van der Waals surface area contributed by atoms with Crippen molar-refractivity contribution in [1.29, 1.82) is 0 Å². The molecular formula is C21H20FN3O2S. The van der Waals surface area contributed by atoms with Crippen LogP contribution in [0.3, 0.4) is 0 Å². The van der Waals surface area contributed by atoms with Gasteiger partial charge in [0.25, 0.3) is 5.56 Å². The molecule has 0 unspecified atom stereocenters. The van der Waals surface area contributed by atoms with Crippen LogP contribution < -0.4 is 5.56 Å². The van der Waals surface area contributed by atoms with E-state index < -0.39 is 0 Å². The van der Waals surface area contributed by atoms with Gasteiger partial charge in [-0.3, -0.25) is 9.59 Å². The number of hydrogen-bond donors (Lipinski definition) is 1. The number of carbonyl (C=O) groups excluding carboxylic acids is 1. The molecule has 1 saturated heterocycles. The van der Waals surface area contributed by atoms with Crippen molar-refractivity contribution in [3.63, 3.8) is 0 Å². The molecule has 5 nitrogen and oxygen atoms in total. The number of amides is 1. The van der Waals surface area contributed by atoms with Crippen molar-refractivity contribution in [2.75, 3.05) is 6.54 Å². The van der Waals surface area contributed by atoms with Crippen LogP contribution in [0, 0.1) is 5.82 Å². The van der Waals surface area contributed by atoms with Crippen molar-refractivity contribution >= 4 is 17.2 Å². The largest absolute Gasteiger partial charge is 0.332 e. The van der Waals surface area contributed by atoms with Gasteiger partial charge in [0.15, 0.2) is 0 Å². The summed E-state index contributed by atoms with van der Waals surface area (Å²) in [5, 5.41) is 3.87. The number of benzene rings is 1. The molecule has 0 aliphatic carbocycles. The Morgan fingerprint density at radius 2 is 2.14 bits per heavy atom. The zero-order valence-corrected chi connectivity index (χ0v) is 16.0. The van der Waals surface area contributed by atoms with E-state index >= 15 is 0 Å². The summed E-state index contributed by atoms with van der Waals surface area (Å²) in [7, 11) is 0. The van der Waals surface area contributed by atoms with Gasteiger partial charge < -0.3 is 9.88 Å². The first-order valence-corrected chi connectivity index (χ1v) is 10.2. The molecule has 1 fully saturated rings. The SMILES string of the molecule is O=C(Cc1ccccc1F)N1CCCC[C@H]1c1nc(-c2ccsc2)cc(=O)[nH]1. The van der Waals surface area contributed by atoms with E-state index in [1.807, 2.05) is 16.8 Å². The Labute approximate surface area is 165 Å². The van der Waals surface area contributed by atoms with E-state index in [1.54, 1.807) is 23.1 Å². The van der Waals surface area contributed by atoms with Crippen LogP contribution in [0.15, 0.2) is 52.0 Å². The molecule has 3 aromatic rings. The van der Waals surface area contributed by atoms with Crippen LogP contribution in [0.4, 0.5) is 4.39 Å². The molecule has 0 bridgehead atoms. The summed E-state index contributed by atoms with van der Waals surface area (Å²) in [5.41, 5.74) is 1.63. The molecule has 1 aliphatic heterocycles. The number of piperidine rings is 1. The van der Waals surface area contributed by atoms with Gasteiger partial charge in [0.05, 0.1) is 18.2 Å². The molecule has 144 valence electrons. The molecule has 1 aliphatic rings. The minimum Gasteiger partial charge on any atom is -0.332 e. The Balaban J connectivity index is 1.63. The van der Waals surface area contributed by atoms with Crippen LogP contribution >= 0.6 is 11.3 Å². The average Bonchev–Trinajstić information content (AvgIpc) is 3.24. The van der Waals surface area contributed by atoms with Gasteiger partial charge in [-0.15, -0.1) is 0 Å². The Kier molecular flexibility index (Phi) is 5.34. The van der Waals surface area contributed by atoms with Gasteiger partial charge in [-0.25, -0.2) is 9.37 Å². The fraction of sp³-hybridized carbons (Fsp3) is 0.286. The van der Waals surface area contributed by atoms with Crippen LogP contribution in [0.1, 0.15) is 36.7 Å². The lowest BCUT2D eigenvalue weighted by Gasteiger charge is -2.35. The zero-order valence-electron chi connectivity index (χ0n) is 15.2. The van der Waals surface area contributed by atoms with E-state index in [4.69, 9.17) is 0 Å². The van der Waals surface area contributed by atoms with Crippen molar-refractivity contribution in [3.05, 3.63) is 74.7 Å². The Morgan fingerprint density at radius 3 is 2.93 bits per heavy atom. The molecule has 0 saturated carbocycles. The predicted molar refractivity (Wildman–Crippen MR) is 107 cm³/mol. The van der Waals surface area contributed by atoms with Gasteiger partial charge in [0.2, 0.25) is 5.91 Å². The molecule has 0 radical (unpaired) electrons. The third-order valence-electron chi connectivity index (χ3n) is 5.02. The van der Waals surface area contributed by atoms with Crippen LogP contribution in [0.25, 0.3) is 11.3 Å². The Morgan fingerprint density at radius 1 is 1.29 bits per heavy atom. The Bertz CT molecular complexity index is 1030. The van der Waals surface area contributed by atoms with Crippen LogP contribution in [-0.4, -0.2) is 27.3 Å². The molecule has 28 heavy (non-hydrogen) atoms. The number of hydrogen-bond acceptors (Lipinski definition) is 4. The predicted octanol–water partition coefficient (Wildman–Crippen LogP) is 3.93. The topological polar surface area (TPSA) is 66.1 Å². The maximum atomic E-state index is 14.0. The summed E-state index contributed by atoms with van der Waals surface area (Å²) in [4.78, 5) is 34.3. The second-order valence-corrected chi connectivity index (χ2v) is 7.67. The molecule has 4 rings (SSSR count). The zero-order chi connectivity index (χ0) is 19.5. The van der Waals surface area contributed by atoms with E-state index in [9.17, 15) is 14.0 Å². The maximum Gasteiger partial charge on any atom is 0.251 e. The van der Waals surface area contributed by atoms with E-state index in [-0.39, 0.29) is 29.7 Å². The lowest BCUT2D eigenvalue weighted by Crippen LogP contribution is -2.40. The van der Waals surface area contributed by atoms with Gasteiger partial charge in [0.1, 0.15) is 11.6 Å². The summed E-state index contributed by atoms with van der Waals surface area (Å²) < 4.78 is 14.0. The highest BCUT2D eigenvalue weighted by atomic mass is 32.1. The van der Waals surface area contributed by atoms with E-state index in [0.29, 0.717) is 23.6 Å². The third-order valence-corrected chi connectivity index (χ3v) is 5.70. The number of nitrogens with one attached hydrogen (secondary N) is 1. The number of nitrogens with zero attached hydrogens (tertiary/aromatic N) is 2. The fourth-order valence-corrected chi connectivity index (χ4v) is 4.26. The normalized spacial score (nSPS) is 16.9. The number of carbonyl (C=O) groups is 1. The second kappa shape index (κ2) is 8.06. The maximum absolute atomic E-state index is 14.0. The number of rotatable bonds is 4. The van der Waals surface area contributed by atoms with E-state index in [2.05, 4.69) is 9.97 Å². The third kappa shape index (κ3) is 3.89. The number of likely N-dealkylation sites (tertiary alicyclic amines) is 1. The van der Waals surface area contributed by atoms with Crippen LogP contribution in [0.2, 0.25) is 0 Å². The lowest BCUT2D eigenvalue weighted by atomic mass is 9.99. The monoisotopic (exact) mass is 397 g/mol. The van der Waals surface area contributed by atoms with E-state index in [1.165, 1.54) is 23.5 Å². The van der Waals surface area contributed by atoms with Crippen molar-refractivity contribution < 1.29 is 9.18 Å². The highest BCUT2D eigenvalue weighted by Crippen LogP contribution is 2.30. The molecule has 1 atom stereocenters. The van der Waals surface area contributed by atoms with Crippen LogP contribution in [-0.2, 0) is 11.2 Å². The van der Waals surface area contributed by atoms with Crippen molar-refractivity contribution in [2.24, 2.45) is 0 Å². The molecule has 1 aromatic carbocycles. The summed E-state index contributed by atoms with van der Waals surface area (Å²) in [6, 6.07) is 9.40. The van der Waals surface area contributed by atoms with Gasteiger partial charge in [0, 0.05) is 23.6 Å². The molecule has 1 N–H and O–H groups in total. The smallest absolute Gasteiger partial charge is 0.251 e. The second-order valence-electron chi connectivity index (χ2n) is 6.89. The van der Waals surface area contributed by atoms with Gasteiger partial charge in [-0.05, 0) is 42.3 Å². The fourth-order valence-electron chi connectivity index (χ4n) is 3.61. The van der Waals surface area contributed by atoms with Crippen molar-refractivity contribution in [1.82, 2.24) is 14.9 Å². The van der Waals surface area contributed by atoms with Crippen molar-refractivity contribution in [2.45, 2.75) is 31.7 Å². The first kappa shape index (κ1) is 18.6. The number of aromatic amines is 1. The van der Waals surface area contributed by atoms with Gasteiger partial charge in [-0.1, -0.05) is 18.2 Å². The molecule has 7 heteroatoms. The number of H-pyrrole nitrogens is 1. The molecule has 1 amide bonds. The quantitative estimate of drug-likeness (QED) is 0.725. The molecule has 3 heterocycles. The standard InChI is InChI=1S/C21H20FN3O2S/c22-16-6-2-1-5-14(16)11-20(27)25-9-4-3-7-18(25)21-23-17(12-19(26)24-21)15-8-10-28-13-15/h1-2,5-6,8,10,12-13,18H,3-4,7,9,11H2,(H,23,24,26)/t18-/m0/s1. The minimum atomic E-state index is -0.379.